The van der Waals surface area contributed by atoms with Crippen LogP contribution in [-0.2, 0) is 0 Å². The maximum Gasteiger partial charge on any atom is 0.00416 e. The SMILES string of the molecule is C=CCCC(C)NCCC(C)(C)C. The van der Waals surface area contributed by atoms with Crippen molar-refractivity contribution in [1.82, 2.24) is 5.32 Å². The van der Waals surface area contributed by atoms with Crippen LogP contribution in [0.15, 0.2) is 12.7 Å². The third kappa shape index (κ3) is 9.62. The van der Waals surface area contributed by atoms with Gasteiger partial charge in [0.25, 0.3) is 0 Å². The van der Waals surface area contributed by atoms with Crippen molar-refractivity contribution >= 4 is 0 Å². The Labute approximate surface area is 83.6 Å². The van der Waals surface area contributed by atoms with Crippen LogP contribution in [0.3, 0.4) is 0 Å². The van der Waals surface area contributed by atoms with E-state index in [0.29, 0.717) is 11.5 Å². The molecule has 0 aromatic carbocycles. The summed E-state index contributed by atoms with van der Waals surface area (Å²) in [6.07, 6.45) is 5.55. The maximum atomic E-state index is 3.72. The Morgan fingerprint density at radius 2 is 2.00 bits per heavy atom. The number of hydrogen-bond acceptors (Lipinski definition) is 1. The van der Waals surface area contributed by atoms with Crippen LogP contribution >= 0.6 is 0 Å². The molecule has 0 aromatic heterocycles. The van der Waals surface area contributed by atoms with Crippen molar-refractivity contribution in [3.05, 3.63) is 12.7 Å². The summed E-state index contributed by atoms with van der Waals surface area (Å²) < 4.78 is 0. The summed E-state index contributed by atoms with van der Waals surface area (Å²) in [6.45, 7) is 13.9. The molecule has 0 saturated carbocycles. The smallest absolute Gasteiger partial charge is 0.00416 e. The number of allylic oxidation sites excluding steroid dienone is 1. The molecule has 1 unspecified atom stereocenters. The van der Waals surface area contributed by atoms with Crippen LogP contribution < -0.4 is 5.32 Å². The molecule has 13 heavy (non-hydrogen) atoms. The van der Waals surface area contributed by atoms with Gasteiger partial charge in [0.05, 0.1) is 0 Å². The molecule has 0 spiro atoms. The fourth-order valence-corrected chi connectivity index (χ4v) is 1.16. The molecule has 1 atom stereocenters. The fraction of sp³-hybridized carbons (Fsp3) is 0.833. The molecule has 78 valence electrons. The molecule has 0 amide bonds. The van der Waals surface area contributed by atoms with Crippen LogP contribution in [-0.4, -0.2) is 12.6 Å². The predicted octanol–water partition coefficient (Wildman–Crippen LogP) is 3.37. The van der Waals surface area contributed by atoms with Crippen LogP contribution in [0, 0.1) is 5.41 Å². The monoisotopic (exact) mass is 183 g/mol. The van der Waals surface area contributed by atoms with Gasteiger partial charge in [-0.05, 0) is 38.1 Å². The summed E-state index contributed by atoms with van der Waals surface area (Å²) in [7, 11) is 0. The van der Waals surface area contributed by atoms with Gasteiger partial charge in [0.1, 0.15) is 0 Å². The molecule has 0 fully saturated rings. The van der Waals surface area contributed by atoms with Crippen molar-refractivity contribution in [1.29, 1.82) is 0 Å². The van der Waals surface area contributed by atoms with Crippen LogP contribution in [0.4, 0.5) is 0 Å². The summed E-state index contributed by atoms with van der Waals surface area (Å²) in [4.78, 5) is 0. The van der Waals surface area contributed by atoms with Crippen molar-refractivity contribution in [3.63, 3.8) is 0 Å². The van der Waals surface area contributed by atoms with E-state index in [1.807, 2.05) is 6.08 Å². The van der Waals surface area contributed by atoms with E-state index in [-0.39, 0.29) is 0 Å². The summed E-state index contributed by atoms with van der Waals surface area (Å²) in [5, 5.41) is 3.53. The van der Waals surface area contributed by atoms with Crippen molar-refractivity contribution in [2.45, 2.75) is 53.0 Å². The minimum absolute atomic E-state index is 0.450. The van der Waals surface area contributed by atoms with Gasteiger partial charge >= 0.3 is 0 Å². The highest BCUT2D eigenvalue weighted by Gasteiger charge is 2.09. The van der Waals surface area contributed by atoms with Gasteiger partial charge in [0, 0.05) is 6.04 Å². The second-order valence-corrected chi connectivity index (χ2v) is 5.03. The molecule has 1 nitrogen and oxygen atoms in total. The van der Waals surface area contributed by atoms with E-state index in [1.54, 1.807) is 0 Å². The molecular weight excluding hydrogens is 158 g/mol. The Balaban J connectivity index is 3.36. The van der Waals surface area contributed by atoms with Gasteiger partial charge in [-0.25, -0.2) is 0 Å². The lowest BCUT2D eigenvalue weighted by Crippen LogP contribution is -2.29. The first-order valence-corrected chi connectivity index (χ1v) is 5.30. The zero-order valence-corrected chi connectivity index (χ0v) is 9.69. The van der Waals surface area contributed by atoms with Gasteiger partial charge in [0.15, 0.2) is 0 Å². The van der Waals surface area contributed by atoms with E-state index in [2.05, 4.69) is 39.6 Å². The molecule has 0 aromatic rings. The lowest BCUT2D eigenvalue weighted by Gasteiger charge is -2.20. The Morgan fingerprint density at radius 1 is 1.38 bits per heavy atom. The normalized spacial score (nSPS) is 14.2. The van der Waals surface area contributed by atoms with Crippen molar-refractivity contribution in [3.8, 4) is 0 Å². The molecule has 0 radical (unpaired) electrons. The first-order chi connectivity index (χ1) is 5.95. The van der Waals surface area contributed by atoms with Crippen LogP contribution in [0.2, 0.25) is 0 Å². The minimum atomic E-state index is 0.450. The van der Waals surface area contributed by atoms with Crippen molar-refractivity contribution < 1.29 is 0 Å². The van der Waals surface area contributed by atoms with Gasteiger partial charge in [-0.1, -0.05) is 26.8 Å². The van der Waals surface area contributed by atoms with E-state index in [1.165, 1.54) is 12.8 Å². The van der Waals surface area contributed by atoms with Gasteiger partial charge in [0.2, 0.25) is 0 Å². The van der Waals surface area contributed by atoms with Crippen molar-refractivity contribution in [2.24, 2.45) is 5.41 Å². The minimum Gasteiger partial charge on any atom is -0.314 e. The zero-order chi connectivity index (χ0) is 10.3. The Kier molecular flexibility index (Phi) is 6.06. The topological polar surface area (TPSA) is 12.0 Å². The Morgan fingerprint density at radius 3 is 2.46 bits per heavy atom. The molecular formula is C12H25N. The zero-order valence-electron chi connectivity index (χ0n) is 9.69. The average Bonchev–Trinajstić information content (AvgIpc) is 1.98. The first-order valence-electron chi connectivity index (χ1n) is 5.30. The second kappa shape index (κ2) is 6.20. The molecule has 1 N–H and O–H groups in total. The van der Waals surface area contributed by atoms with Crippen LogP contribution in [0.5, 0.6) is 0 Å². The van der Waals surface area contributed by atoms with Crippen LogP contribution in [0.1, 0.15) is 47.0 Å². The summed E-state index contributed by atoms with van der Waals surface area (Å²) in [5.41, 5.74) is 0.450. The number of hydrogen-bond donors (Lipinski definition) is 1. The highest BCUT2D eigenvalue weighted by Crippen LogP contribution is 2.17. The average molecular weight is 183 g/mol. The number of nitrogens with one attached hydrogen (secondary N) is 1. The third-order valence-corrected chi connectivity index (χ3v) is 2.17. The summed E-state index contributed by atoms with van der Waals surface area (Å²) in [5.74, 6) is 0. The molecule has 0 aliphatic rings. The van der Waals surface area contributed by atoms with E-state index >= 15 is 0 Å². The largest absolute Gasteiger partial charge is 0.314 e. The summed E-state index contributed by atoms with van der Waals surface area (Å²) in [6, 6.07) is 0.625. The maximum absolute atomic E-state index is 3.72. The molecule has 0 aliphatic carbocycles. The highest BCUT2D eigenvalue weighted by atomic mass is 14.9. The van der Waals surface area contributed by atoms with Gasteiger partial charge in [-0.15, -0.1) is 6.58 Å². The Bertz CT molecular complexity index is 133. The number of rotatable bonds is 6. The molecule has 0 aliphatic heterocycles. The van der Waals surface area contributed by atoms with E-state index in [4.69, 9.17) is 0 Å². The standard InChI is InChI=1S/C12H25N/c1-6-7-8-11(2)13-10-9-12(3,4)5/h6,11,13H,1,7-10H2,2-5H3. The molecule has 0 bridgehead atoms. The summed E-state index contributed by atoms with van der Waals surface area (Å²) >= 11 is 0. The van der Waals surface area contributed by atoms with Gasteiger partial charge in [-0.2, -0.15) is 0 Å². The molecule has 1 heteroatoms. The lowest BCUT2D eigenvalue weighted by molar-refractivity contribution is 0.354. The van der Waals surface area contributed by atoms with E-state index < -0.39 is 0 Å². The highest BCUT2D eigenvalue weighted by molar-refractivity contribution is 4.72. The molecule has 0 rings (SSSR count). The van der Waals surface area contributed by atoms with Gasteiger partial charge in [-0.3, -0.25) is 0 Å². The second-order valence-electron chi connectivity index (χ2n) is 5.03. The predicted molar refractivity (Wildman–Crippen MR) is 61.0 cm³/mol. The van der Waals surface area contributed by atoms with E-state index in [0.717, 1.165) is 13.0 Å². The molecule has 0 heterocycles. The van der Waals surface area contributed by atoms with Crippen LogP contribution in [0.25, 0.3) is 0 Å². The van der Waals surface area contributed by atoms with Gasteiger partial charge < -0.3 is 5.32 Å². The molecule has 0 saturated heterocycles. The van der Waals surface area contributed by atoms with Crippen molar-refractivity contribution in [2.75, 3.05) is 6.54 Å². The fourth-order valence-electron chi connectivity index (χ4n) is 1.16. The van der Waals surface area contributed by atoms with E-state index in [9.17, 15) is 0 Å². The Hall–Kier alpha value is -0.300. The third-order valence-electron chi connectivity index (χ3n) is 2.17. The first kappa shape index (κ1) is 12.7. The lowest BCUT2D eigenvalue weighted by atomic mass is 9.92. The quantitative estimate of drug-likeness (QED) is 0.623.